The number of rotatable bonds is 7. The highest BCUT2D eigenvalue weighted by Crippen LogP contribution is 2.37. The number of ether oxygens (including phenoxy) is 2. The van der Waals surface area contributed by atoms with Crippen LogP contribution in [0.5, 0.6) is 0 Å². The normalized spacial score (nSPS) is 14.3. The van der Waals surface area contributed by atoms with Gasteiger partial charge in [0, 0.05) is 20.8 Å². The molecule has 0 rings (SSSR count). The van der Waals surface area contributed by atoms with Crippen LogP contribution in [0.1, 0.15) is 6.92 Å². The number of hydrogen-bond acceptors (Lipinski definition) is 3. The third kappa shape index (κ3) is 4.57. The molecular formula is C10H16F5NO3. The van der Waals surface area contributed by atoms with Crippen LogP contribution in [-0.2, 0) is 14.3 Å². The maximum Gasteiger partial charge on any atom is 0.463 e. The zero-order valence-corrected chi connectivity index (χ0v) is 10.8. The minimum absolute atomic E-state index is 0.159. The van der Waals surface area contributed by atoms with Crippen LogP contribution in [-0.4, -0.2) is 62.9 Å². The molecule has 0 fully saturated rings. The molecule has 0 aromatic carbocycles. The number of hydrogen-bond donors (Lipinski definition) is 0. The van der Waals surface area contributed by atoms with Gasteiger partial charge in [0.1, 0.15) is 0 Å². The fourth-order valence-corrected chi connectivity index (χ4v) is 1.34. The van der Waals surface area contributed by atoms with E-state index in [2.05, 4.69) is 9.47 Å². The van der Waals surface area contributed by atoms with E-state index in [0.717, 1.165) is 0 Å². The fraction of sp³-hybridized carbons (Fsp3) is 0.900. The van der Waals surface area contributed by atoms with Crippen molar-refractivity contribution in [2.24, 2.45) is 0 Å². The molecule has 0 aromatic heterocycles. The molecule has 1 atom stereocenters. The van der Waals surface area contributed by atoms with Crippen molar-refractivity contribution in [3.8, 4) is 0 Å². The lowest BCUT2D eigenvalue weighted by molar-refractivity contribution is -0.275. The number of alkyl halides is 5. The molecule has 0 aliphatic heterocycles. The number of nitrogens with zero attached hydrogens (tertiary/aromatic N) is 1. The first-order valence-electron chi connectivity index (χ1n) is 5.33. The molecule has 0 radical (unpaired) electrons. The summed E-state index contributed by atoms with van der Waals surface area (Å²) in [6.07, 6.45) is -5.93. The summed E-state index contributed by atoms with van der Waals surface area (Å²) in [4.78, 5) is 11.8. The number of amides is 1. The smallest absolute Gasteiger partial charge is 0.383 e. The second-order valence-corrected chi connectivity index (χ2v) is 3.87. The number of methoxy groups -OCH3 is 2. The molecule has 1 unspecified atom stereocenters. The first-order chi connectivity index (χ1) is 8.59. The van der Waals surface area contributed by atoms with Crippen molar-refractivity contribution in [1.82, 2.24) is 4.90 Å². The van der Waals surface area contributed by atoms with Gasteiger partial charge in [0.25, 0.3) is 0 Å². The van der Waals surface area contributed by atoms with Crippen molar-refractivity contribution in [2.75, 3.05) is 34.0 Å². The Labute approximate surface area is 107 Å². The summed E-state index contributed by atoms with van der Waals surface area (Å²) >= 11 is 0. The first-order valence-corrected chi connectivity index (χ1v) is 5.33. The third-order valence-electron chi connectivity index (χ3n) is 2.36. The summed E-state index contributed by atoms with van der Waals surface area (Å²) in [7, 11) is 2.49. The molecule has 9 heteroatoms. The van der Waals surface area contributed by atoms with Crippen LogP contribution in [0.4, 0.5) is 22.0 Å². The molecule has 0 saturated heterocycles. The van der Waals surface area contributed by atoms with Crippen molar-refractivity contribution >= 4 is 5.91 Å². The van der Waals surface area contributed by atoms with Gasteiger partial charge in [0.15, 0.2) is 0 Å². The van der Waals surface area contributed by atoms with Crippen LogP contribution < -0.4 is 0 Å². The van der Waals surface area contributed by atoms with Gasteiger partial charge < -0.3 is 14.4 Å². The van der Waals surface area contributed by atoms with Gasteiger partial charge in [-0.05, 0) is 6.92 Å². The van der Waals surface area contributed by atoms with Crippen molar-refractivity contribution < 1.29 is 36.2 Å². The molecule has 0 heterocycles. The molecule has 0 saturated carbocycles. The van der Waals surface area contributed by atoms with Gasteiger partial charge >= 0.3 is 18.0 Å². The Morgan fingerprint density at radius 1 is 1.16 bits per heavy atom. The largest absolute Gasteiger partial charge is 0.463 e. The number of halogens is 5. The highest BCUT2D eigenvalue weighted by molar-refractivity contribution is 5.84. The summed E-state index contributed by atoms with van der Waals surface area (Å²) in [5.41, 5.74) is 0. The van der Waals surface area contributed by atoms with E-state index in [-0.39, 0.29) is 19.8 Å². The second kappa shape index (κ2) is 6.99. The van der Waals surface area contributed by atoms with Crippen molar-refractivity contribution in [1.29, 1.82) is 0 Å². The summed E-state index contributed by atoms with van der Waals surface area (Å²) < 4.78 is 71.7. The minimum atomic E-state index is -5.93. The van der Waals surface area contributed by atoms with Gasteiger partial charge in [-0.3, -0.25) is 4.79 Å². The molecule has 0 aromatic rings. The molecular weight excluding hydrogens is 277 g/mol. The highest BCUT2D eigenvalue weighted by atomic mass is 19.4. The maximum absolute atomic E-state index is 13.0. The van der Waals surface area contributed by atoms with E-state index in [4.69, 9.17) is 0 Å². The van der Waals surface area contributed by atoms with Crippen molar-refractivity contribution in [3.63, 3.8) is 0 Å². The van der Waals surface area contributed by atoms with Crippen LogP contribution in [0.2, 0.25) is 0 Å². The monoisotopic (exact) mass is 293 g/mol. The summed E-state index contributed by atoms with van der Waals surface area (Å²) in [6.45, 7) is 0.603. The Balaban J connectivity index is 5.09. The molecule has 0 spiro atoms. The molecule has 0 aliphatic rings. The molecule has 0 N–H and O–H groups in total. The Morgan fingerprint density at radius 3 is 2.05 bits per heavy atom. The van der Waals surface area contributed by atoms with Crippen LogP contribution in [0.25, 0.3) is 0 Å². The zero-order valence-electron chi connectivity index (χ0n) is 10.8. The summed E-state index contributed by atoms with van der Waals surface area (Å²) in [5.74, 6) is -7.73. The molecule has 1 amide bonds. The average Bonchev–Trinajstić information content (AvgIpc) is 2.28. The third-order valence-corrected chi connectivity index (χ3v) is 2.36. The van der Waals surface area contributed by atoms with E-state index in [1.54, 1.807) is 0 Å². The van der Waals surface area contributed by atoms with Crippen molar-refractivity contribution in [2.45, 2.75) is 25.1 Å². The molecule has 19 heavy (non-hydrogen) atoms. The Bertz CT molecular complexity index is 295. The van der Waals surface area contributed by atoms with E-state index in [9.17, 15) is 26.7 Å². The van der Waals surface area contributed by atoms with E-state index < -0.39 is 24.0 Å². The van der Waals surface area contributed by atoms with Gasteiger partial charge in [0.05, 0.1) is 19.3 Å². The SMILES string of the molecule is COCCN(C(=O)C(F)(F)C(F)(F)F)C(C)COC. The molecule has 0 aliphatic carbocycles. The van der Waals surface area contributed by atoms with Crippen LogP contribution in [0.15, 0.2) is 0 Å². The van der Waals surface area contributed by atoms with Gasteiger partial charge in [0.2, 0.25) is 0 Å². The lowest BCUT2D eigenvalue weighted by Gasteiger charge is -2.32. The second-order valence-electron chi connectivity index (χ2n) is 3.87. The van der Waals surface area contributed by atoms with E-state index in [1.807, 2.05) is 0 Å². The van der Waals surface area contributed by atoms with E-state index >= 15 is 0 Å². The Hall–Kier alpha value is -0.960. The predicted molar refractivity (Wildman–Crippen MR) is 55.9 cm³/mol. The van der Waals surface area contributed by atoms with Gasteiger partial charge in [-0.25, -0.2) is 0 Å². The topological polar surface area (TPSA) is 38.8 Å². The summed E-state index contributed by atoms with van der Waals surface area (Å²) in [6, 6.07) is -0.930. The highest BCUT2D eigenvalue weighted by Gasteiger charge is 2.64. The van der Waals surface area contributed by atoms with E-state index in [1.165, 1.54) is 21.1 Å². The maximum atomic E-state index is 13.0. The predicted octanol–water partition coefficient (Wildman–Crippen LogP) is 1.69. The number of carbonyl (C=O) groups excluding carboxylic acids is 1. The molecule has 114 valence electrons. The van der Waals surface area contributed by atoms with Crippen molar-refractivity contribution in [3.05, 3.63) is 0 Å². The lowest BCUT2D eigenvalue weighted by atomic mass is 10.2. The van der Waals surface area contributed by atoms with Gasteiger partial charge in [-0.15, -0.1) is 0 Å². The molecule has 0 bridgehead atoms. The zero-order chi connectivity index (χ0) is 15.3. The lowest BCUT2D eigenvalue weighted by Crippen LogP contribution is -2.56. The quantitative estimate of drug-likeness (QED) is 0.671. The average molecular weight is 293 g/mol. The van der Waals surface area contributed by atoms with Gasteiger partial charge in [-0.2, -0.15) is 22.0 Å². The van der Waals surface area contributed by atoms with E-state index in [0.29, 0.717) is 4.90 Å². The van der Waals surface area contributed by atoms with Gasteiger partial charge in [-0.1, -0.05) is 0 Å². The fourth-order valence-electron chi connectivity index (χ4n) is 1.34. The Kier molecular flexibility index (Phi) is 6.64. The van der Waals surface area contributed by atoms with Crippen LogP contribution in [0.3, 0.4) is 0 Å². The first kappa shape index (κ1) is 18.0. The van der Waals surface area contributed by atoms with Crippen LogP contribution >= 0.6 is 0 Å². The summed E-state index contributed by atoms with van der Waals surface area (Å²) in [5, 5.41) is 0. The minimum Gasteiger partial charge on any atom is -0.383 e. The van der Waals surface area contributed by atoms with Crippen LogP contribution in [0, 0.1) is 0 Å². The Morgan fingerprint density at radius 2 is 1.68 bits per heavy atom. The molecule has 4 nitrogen and oxygen atoms in total. The number of carbonyl (C=O) groups is 1. The standard InChI is InChI=1S/C10H16F5NO3/c1-7(6-19-3)16(4-5-18-2)8(17)9(11,12)10(13,14)15/h7H,4-6H2,1-3H3.